The Balaban J connectivity index is 1.78. The maximum absolute atomic E-state index is 12.4. The minimum atomic E-state index is -0.546. The largest absolute Gasteiger partial charge is 0.496 e. The fourth-order valence-corrected chi connectivity index (χ4v) is 2.63. The molecule has 0 radical (unpaired) electrons. The summed E-state index contributed by atoms with van der Waals surface area (Å²) in [5.41, 5.74) is 2.79. The highest BCUT2D eigenvalue weighted by Gasteiger charge is 2.15. The van der Waals surface area contributed by atoms with Crippen LogP contribution in [0.5, 0.6) is 11.5 Å². The van der Waals surface area contributed by atoms with Gasteiger partial charge in [-0.1, -0.05) is 35.9 Å². The van der Waals surface area contributed by atoms with Crippen LogP contribution in [0.4, 0.5) is 0 Å². The van der Waals surface area contributed by atoms with E-state index in [9.17, 15) is 4.79 Å². The normalized spacial score (nSPS) is 10.0. The minimum Gasteiger partial charge on any atom is -0.496 e. The van der Waals surface area contributed by atoms with Crippen molar-refractivity contribution in [3.8, 4) is 28.7 Å². The number of halogens is 1. The van der Waals surface area contributed by atoms with Gasteiger partial charge in [0.2, 0.25) is 0 Å². The first-order valence-electron chi connectivity index (χ1n) is 7.77. The number of esters is 1. The van der Waals surface area contributed by atoms with Gasteiger partial charge in [-0.05, 0) is 53.6 Å². The van der Waals surface area contributed by atoms with Crippen molar-refractivity contribution in [2.45, 2.75) is 0 Å². The average Bonchev–Trinajstić information content (AvgIpc) is 2.68. The zero-order valence-corrected chi connectivity index (χ0v) is 14.7. The molecule has 0 fully saturated rings. The standard InChI is InChI=1S/C21H14ClNO3/c1-25-20-11-8-17(22)12-19(20)21(24)26-18-9-6-16(7-10-18)15-4-2-14(13-23)3-5-15/h2-12H,1H3. The topological polar surface area (TPSA) is 59.3 Å². The summed E-state index contributed by atoms with van der Waals surface area (Å²) in [7, 11) is 1.48. The van der Waals surface area contributed by atoms with Crippen molar-refractivity contribution in [2.24, 2.45) is 0 Å². The lowest BCUT2D eigenvalue weighted by Crippen LogP contribution is -2.10. The summed E-state index contributed by atoms with van der Waals surface area (Å²) in [6.07, 6.45) is 0. The Morgan fingerprint density at radius 1 is 0.962 bits per heavy atom. The van der Waals surface area contributed by atoms with Crippen LogP contribution in [0.1, 0.15) is 15.9 Å². The molecule has 0 saturated carbocycles. The van der Waals surface area contributed by atoms with Gasteiger partial charge in [0.15, 0.2) is 0 Å². The van der Waals surface area contributed by atoms with Crippen LogP contribution in [0.15, 0.2) is 66.7 Å². The van der Waals surface area contributed by atoms with Gasteiger partial charge in [-0.2, -0.15) is 5.26 Å². The monoisotopic (exact) mass is 363 g/mol. The van der Waals surface area contributed by atoms with Crippen molar-refractivity contribution in [3.05, 3.63) is 82.9 Å². The molecule has 3 aromatic rings. The van der Waals surface area contributed by atoms with E-state index in [1.165, 1.54) is 13.2 Å². The van der Waals surface area contributed by atoms with Gasteiger partial charge in [-0.15, -0.1) is 0 Å². The van der Waals surface area contributed by atoms with Crippen molar-refractivity contribution in [2.75, 3.05) is 7.11 Å². The Morgan fingerprint density at radius 3 is 2.15 bits per heavy atom. The smallest absolute Gasteiger partial charge is 0.347 e. The van der Waals surface area contributed by atoms with Crippen molar-refractivity contribution >= 4 is 17.6 Å². The third-order valence-corrected chi connectivity index (χ3v) is 4.03. The second kappa shape index (κ2) is 7.73. The highest BCUT2D eigenvalue weighted by molar-refractivity contribution is 6.31. The summed E-state index contributed by atoms with van der Waals surface area (Å²) in [6.45, 7) is 0. The average molecular weight is 364 g/mol. The SMILES string of the molecule is COc1ccc(Cl)cc1C(=O)Oc1ccc(-c2ccc(C#N)cc2)cc1. The van der Waals surface area contributed by atoms with E-state index in [1.54, 1.807) is 36.4 Å². The predicted molar refractivity (Wildman–Crippen MR) is 99.6 cm³/mol. The molecule has 0 unspecified atom stereocenters. The molecule has 0 saturated heterocycles. The number of ether oxygens (including phenoxy) is 2. The number of rotatable bonds is 4. The van der Waals surface area contributed by atoms with Crippen LogP contribution in [-0.4, -0.2) is 13.1 Å². The fraction of sp³-hybridized carbons (Fsp3) is 0.0476. The quantitative estimate of drug-likeness (QED) is 0.477. The molecule has 0 aliphatic rings. The Hall–Kier alpha value is -3.29. The van der Waals surface area contributed by atoms with Crippen LogP contribution >= 0.6 is 11.6 Å². The Kier molecular flexibility index (Phi) is 5.21. The number of benzene rings is 3. The van der Waals surface area contributed by atoms with E-state index in [1.807, 2.05) is 24.3 Å². The third kappa shape index (κ3) is 3.85. The molecule has 3 rings (SSSR count). The van der Waals surface area contributed by atoms with E-state index < -0.39 is 5.97 Å². The third-order valence-electron chi connectivity index (χ3n) is 3.79. The summed E-state index contributed by atoms with van der Waals surface area (Å²) in [6, 6.07) is 21.2. The lowest BCUT2D eigenvalue weighted by molar-refractivity contribution is 0.0731. The molecule has 3 aromatic carbocycles. The van der Waals surface area contributed by atoms with Gasteiger partial charge in [0, 0.05) is 5.02 Å². The van der Waals surface area contributed by atoms with E-state index in [4.69, 9.17) is 26.3 Å². The van der Waals surface area contributed by atoms with E-state index in [0.717, 1.165) is 11.1 Å². The fourth-order valence-electron chi connectivity index (χ4n) is 2.45. The first kappa shape index (κ1) is 17.5. The molecule has 0 amide bonds. The van der Waals surface area contributed by atoms with Crippen molar-refractivity contribution in [3.63, 3.8) is 0 Å². The van der Waals surface area contributed by atoms with Crippen LogP contribution in [-0.2, 0) is 0 Å². The molecular weight excluding hydrogens is 350 g/mol. The lowest BCUT2D eigenvalue weighted by atomic mass is 10.0. The number of carbonyl (C=O) groups excluding carboxylic acids is 1. The first-order chi connectivity index (χ1) is 12.6. The van der Waals surface area contributed by atoms with Crippen LogP contribution in [0.3, 0.4) is 0 Å². The van der Waals surface area contributed by atoms with Crippen molar-refractivity contribution in [1.29, 1.82) is 5.26 Å². The summed E-state index contributed by atoms with van der Waals surface area (Å²) >= 11 is 5.95. The number of nitriles is 1. The molecule has 0 N–H and O–H groups in total. The van der Waals surface area contributed by atoms with Crippen LogP contribution in [0.25, 0.3) is 11.1 Å². The highest BCUT2D eigenvalue weighted by Crippen LogP contribution is 2.26. The van der Waals surface area contributed by atoms with Gasteiger partial charge in [0.25, 0.3) is 0 Å². The Labute approximate surface area is 156 Å². The highest BCUT2D eigenvalue weighted by atomic mass is 35.5. The van der Waals surface area contributed by atoms with Gasteiger partial charge >= 0.3 is 5.97 Å². The molecule has 4 nitrogen and oxygen atoms in total. The number of nitrogens with zero attached hydrogens (tertiary/aromatic N) is 1. The second-order valence-corrected chi connectivity index (χ2v) is 5.88. The summed E-state index contributed by atoms with van der Waals surface area (Å²) in [5.74, 6) is 0.262. The summed E-state index contributed by atoms with van der Waals surface area (Å²) in [4.78, 5) is 12.4. The Morgan fingerprint density at radius 2 is 1.58 bits per heavy atom. The molecule has 5 heteroatoms. The lowest BCUT2D eigenvalue weighted by Gasteiger charge is -2.09. The van der Waals surface area contributed by atoms with Gasteiger partial charge in [0.1, 0.15) is 17.1 Å². The zero-order valence-electron chi connectivity index (χ0n) is 13.9. The van der Waals surface area contributed by atoms with E-state index in [0.29, 0.717) is 22.1 Å². The first-order valence-corrected chi connectivity index (χ1v) is 8.15. The maximum atomic E-state index is 12.4. The molecular formula is C21H14ClNO3. The molecule has 0 aliphatic carbocycles. The number of carbonyl (C=O) groups is 1. The maximum Gasteiger partial charge on any atom is 0.347 e. The van der Waals surface area contributed by atoms with E-state index in [-0.39, 0.29) is 5.56 Å². The second-order valence-electron chi connectivity index (χ2n) is 5.45. The molecule has 26 heavy (non-hydrogen) atoms. The molecule has 0 bridgehead atoms. The van der Waals surface area contributed by atoms with Gasteiger partial charge < -0.3 is 9.47 Å². The van der Waals surface area contributed by atoms with Gasteiger partial charge in [0.05, 0.1) is 18.7 Å². The molecule has 128 valence electrons. The van der Waals surface area contributed by atoms with E-state index in [2.05, 4.69) is 6.07 Å². The van der Waals surface area contributed by atoms with Gasteiger partial charge in [-0.3, -0.25) is 0 Å². The molecule has 0 atom stereocenters. The zero-order chi connectivity index (χ0) is 18.5. The molecule has 0 aliphatic heterocycles. The number of methoxy groups -OCH3 is 1. The van der Waals surface area contributed by atoms with Crippen molar-refractivity contribution in [1.82, 2.24) is 0 Å². The molecule has 0 heterocycles. The van der Waals surface area contributed by atoms with Gasteiger partial charge in [-0.25, -0.2) is 4.79 Å². The predicted octanol–water partition coefficient (Wildman–Crippen LogP) is 5.11. The molecule has 0 spiro atoms. The van der Waals surface area contributed by atoms with E-state index >= 15 is 0 Å². The van der Waals surface area contributed by atoms with Crippen LogP contribution in [0, 0.1) is 11.3 Å². The summed E-state index contributed by atoms with van der Waals surface area (Å²) in [5, 5.41) is 9.28. The minimum absolute atomic E-state index is 0.260. The number of hydrogen-bond donors (Lipinski definition) is 0. The van der Waals surface area contributed by atoms with Crippen LogP contribution < -0.4 is 9.47 Å². The molecule has 0 aromatic heterocycles. The number of hydrogen-bond acceptors (Lipinski definition) is 4. The summed E-state index contributed by atoms with van der Waals surface area (Å²) < 4.78 is 10.6. The van der Waals surface area contributed by atoms with Crippen molar-refractivity contribution < 1.29 is 14.3 Å². The van der Waals surface area contributed by atoms with Crippen LogP contribution in [0.2, 0.25) is 5.02 Å². The Bertz CT molecular complexity index is 974.